The van der Waals surface area contributed by atoms with Crippen LogP contribution in [0.15, 0.2) is 0 Å². The zero-order chi connectivity index (χ0) is 11.8. The second kappa shape index (κ2) is 4.37. The van der Waals surface area contributed by atoms with Crippen molar-refractivity contribution in [3.63, 3.8) is 0 Å². The highest BCUT2D eigenvalue weighted by atomic mass is 32.2. The highest BCUT2D eigenvalue weighted by Crippen LogP contribution is 2.39. The monoisotopic (exact) mass is 250 g/mol. The zero-order valence-corrected chi connectivity index (χ0v) is 11.0. The van der Waals surface area contributed by atoms with Gasteiger partial charge in [0.05, 0.1) is 0 Å². The van der Waals surface area contributed by atoms with Crippen LogP contribution in [-0.4, -0.2) is 34.6 Å². The molecule has 2 fully saturated rings. The third-order valence-electron chi connectivity index (χ3n) is 3.43. The summed E-state index contributed by atoms with van der Waals surface area (Å²) < 4.78 is 0. The Balaban J connectivity index is 1.95. The third-order valence-corrected chi connectivity index (χ3v) is 4.37. The molecule has 0 aromatic carbocycles. The van der Waals surface area contributed by atoms with E-state index in [0.717, 1.165) is 30.3 Å². The van der Waals surface area contributed by atoms with Crippen molar-refractivity contribution < 1.29 is 0 Å². The molecule has 1 saturated heterocycles. The maximum absolute atomic E-state index is 6.01. The average molecular weight is 250 g/mol. The van der Waals surface area contributed by atoms with Gasteiger partial charge in [-0.15, -0.1) is 0 Å². The van der Waals surface area contributed by atoms with Crippen molar-refractivity contribution >= 4 is 23.4 Å². The summed E-state index contributed by atoms with van der Waals surface area (Å²) in [6.07, 6.45) is 2.44. The Kier molecular flexibility index (Phi) is 2.86. The van der Waals surface area contributed by atoms with Crippen LogP contribution in [0.5, 0.6) is 0 Å². The molecular formula is C12H18N4S. The van der Waals surface area contributed by atoms with Crippen molar-refractivity contribution in [2.75, 3.05) is 35.2 Å². The maximum Gasteiger partial charge on any atom is 0.137 e. The van der Waals surface area contributed by atoms with Crippen molar-refractivity contribution in [1.29, 1.82) is 0 Å². The predicted molar refractivity (Wildman–Crippen MR) is 72.7 cm³/mol. The predicted octanol–water partition coefficient (Wildman–Crippen LogP) is 1.80. The van der Waals surface area contributed by atoms with Gasteiger partial charge in [0.1, 0.15) is 17.5 Å². The highest BCUT2D eigenvalue weighted by molar-refractivity contribution is 7.99. The summed E-state index contributed by atoms with van der Waals surface area (Å²) in [5.74, 6) is 5.62. The molecule has 92 valence electrons. The minimum absolute atomic E-state index is 0.566. The molecular weight excluding hydrogens is 232 g/mol. The summed E-state index contributed by atoms with van der Waals surface area (Å²) >= 11 is 2.01. The van der Waals surface area contributed by atoms with Crippen LogP contribution >= 0.6 is 11.8 Å². The summed E-state index contributed by atoms with van der Waals surface area (Å²) in [5.41, 5.74) is 7.05. The number of nitrogens with zero attached hydrogens (tertiary/aromatic N) is 3. The van der Waals surface area contributed by atoms with E-state index in [0.29, 0.717) is 11.7 Å². The highest BCUT2D eigenvalue weighted by Gasteiger charge is 2.29. The van der Waals surface area contributed by atoms with Crippen LogP contribution in [0.3, 0.4) is 0 Å². The number of rotatable bonds is 2. The smallest absolute Gasteiger partial charge is 0.137 e. The molecule has 2 heterocycles. The molecule has 0 radical (unpaired) electrons. The van der Waals surface area contributed by atoms with Crippen LogP contribution in [-0.2, 0) is 0 Å². The lowest BCUT2D eigenvalue weighted by Gasteiger charge is -2.29. The largest absolute Gasteiger partial charge is 0.383 e. The van der Waals surface area contributed by atoms with Gasteiger partial charge < -0.3 is 10.6 Å². The molecule has 0 bridgehead atoms. The quantitative estimate of drug-likeness (QED) is 0.867. The SMILES string of the molecule is Cc1c(N)nc(C2CC2)nc1N1CCSCC1. The molecule has 4 nitrogen and oxygen atoms in total. The Hall–Kier alpha value is -0.970. The van der Waals surface area contributed by atoms with Crippen molar-refractivity contribution in [3.8, 4) is 0 Å². The van der Waals surface area contributed by atoms with E-state index in [1.54, 1.807) is 0 Å². The van der Waals surface area contributed by atoms with Gasteiger partial charge in [-0.1, -0.05) is 0 Å². The number of thioether (sulfide) groups is 1. The van der Waals surface area contributed by atoms with E-state index in [4.69, 9.17) is 10.7 Å². The summed E-state index contributed by atoms with van der Waals surface area (Å²) in [4.78, 5) is 11.5. The molecule has 1 aromatic heterocycles. The lowest BCUT2D eigenvalue weighted by atomic mass is 10.2. The van der Waals surface area contributed by atoms with Crippen molar-refractivity contribution in [3.05, 3.63) is 11.4 Å². The van der Waals surface area contributed by atoms with Gasteiger partial charge in [-0.2, -0.15) is 11.8 Å². The number of aromatic nitrogens is 2. The fourth-order valence-electron chi connectivity index (χ4n) is 2.15. The van der Waals surface area contributed by atoms with Gasteiger partial charge in [0, 0.05) is 36.1 Å². The normalized spacial score (nSPS) is 20.6. The summed E-state index contributed by atoms with van der Waals surface area (Å²) in [6, 6.07) is 0. The Morgan fingerprint density at radius 2 is 1.94 bits per heavy atom. The van der Waals surface area contributed by atoms with Crippen LogP contribution < -0.4 is 10.6 Å². The minimum atomic E-state index is 0.566. The summed E-state index contributed by atoms with van der Waals surface area (Å²) in [5, 5.41) is 0. The van der Waals surface area contributed by atoms with E-state index in [-0.39, 0.29) is 0 Å². The Morgan fingerprint density at radius 1 is 1.24 bits per heavy atom. The van der Waals surface area contributed by atoms with Crippen LogP contribution in [0.2, 0.25) is 0 Å². The van der Waals surface area contributed by atoms with Crippen LogP contribution in [0, 0.1) is 6.92 Å². The first-order chi connectivity index (χ1) is 8.25. The average Bonchev–Trinajstić information content (AvgIpc) is 3.18. The second-order valence-corrected chi connectivity index (χ2v) is 6.01. The molecule has 0 atom stereocenters. The van der Waals surface area contributed by atoms with E-state index in [1.807, 2.05) is 18.7 Å². The first-order valence-electron chi connectivity index (χ1n) is 6.22. The first-order valence-corrected chi connectivity index (χ1v) is 7.38. The van der Waals surface area contributed by atoms with Gasteiger partial charge in [-0.05, 0) is 19.8 Å². The van der Waals surface area contributed by atoms with E-state index < -0.39 is 0 Å². The molecule has 0 unspecified atom stereocenters. The standard InChI is InChI=1S/C12H18N4S/c1-8-10(13)14-11(9-2-3-9)15-12(8)16-4-6-17-7-5-16/h9H,2-7H2,1H3,(H2,13,14,15). The van der Waals surface area contributed by atoms with Crippen molar-refractivity contribution in [1.82, 2.24) is 9.97 Å². The number of hydrogen-bond donors (Lipinski definition) is 1. The topological polar surface area (TPSA) is 55.0 Å². The van der Waals surface area contributed by atoms with Gasteiger partial charge in [0.25, 0.3) is 0 Å². The summed E-state index contributed by atoms with van der Waals surface area (Å²) in [6.45, 7) is 4.18. The fraction of sp³-hybridized carbons (Fsp3) is 0.667. The summed E-state index contributed by atoms with van der Waals surface area (Å²) in [7, 11) is 0. The molecule has 1 aliphatic carbocycles. The number of anilines is 2. The molecule has 0 amide bonds. The van der Waals surface area contributed by atoms with Crippen LogP contribution in [0.25, 0.3) is 0 Å². The van der Waals surface area contributed by atoms with Crippen LogP contribution in [0.1, 0.15) is 30.1 Å². The number of nitrogens with two attached hydrogens (primary N) is 1. The molecule has 2 N–H and O–H groups in total. The van der Waals surface area contributed by atoms with Crippen molar-refractivity contribution in [2.24, 2.45) is 0 Å². The van der Waals surface area contributed by atoms with E-state index >= 15 is 0 Å². The van der Waals surface area contributed by atoms with Gasteiger partial charge in [-0.3, -0.25) is 0 Å². The van der Waals surface area contributed by atoms with Gasteiger partial charge in [0.2, 0.25) is 0 Å². The fourth-order valence-corrected chi connectivity index (χ4v) is 3.05. The lowest BCUT2D eigenvalue weighted by Crippen LogP contribution is -2.34. The number of hydrogen-bond acceptors (Lipinski definition) is 5. The molecule has 5 heteroatoms. The molecule has 3 rings (SSSR count). The molecule has 1 aliphatic heterocycles. The third kappa shape index (κ3) is 2.20. The molecule has 0 spiro atoms. The molecule has 2 aliphatic rings. The maximum atomic E-state index is 6.01. The molecule has 1 saturated carbocycles. The first kappa shape index (κ1) is 11.1. The van der Waals surface area contributed by atoms with Gasteiger partial charge >= 0.3 is 0 Å². The Bertz CT molecular complexity index is 425. The number of nitrogen functional groups attached to an aromatic ring is 1. The zero-order valence-electron chi connectivity index (χ0n) is 10.1. The van der Waals surface area contributed by atoms with Crippen molar-refractivity contribution in [2.45, 2.75) is 25.7 Å². The molecule has 17 heavy (non-hydrogen) atoms. The lowest BCUT2D eigenvalue weighted by molar-refractivity contribution is 0.810. The molecule has 1 aromatic rings. The Morgan fingerprint density at radius 3 is 2.59 bits per heavy atom. The van der Waals surface area contributed by atoms with Crippen LogP contribution in [0.4, 0.5) is 11.6 Å². The second-order valence-electron chi connectivity index (χ2n) is 4.79. The minimum Gasteiger partial charge on any atom is -0.383 e. The van der Waals surface area contributed by atoms with Gasteiger partial charge in [0.15, 0.2) is 0 Å². The Labute approximate surface area is 106 Å². The van der Waals surface area contributed by atoms with E-state index in [9.17, 15) is 0 Å². The van der Waals surface area contributed by atoms with E-state index in [1.165, 1.54) is 24.3 Å². The van der Waals surface area contributed by atoms with Gasteiger partial charge in [-0.25, -0.2) is 9.97 Å². The van der Waals surface area contributed by atoms with E-state index in [2.05, 4.69) is 9.88 Å².